The second-order valence-corrected chi connectivity index (χ2v) is 4.19. The first-order valence-electron chi connectivity index (χ1n) is 5.26. The molecule has 0 aromatic carbocycles. The summed E-state index contributed by atoms with van der Waals surface area (Å²) in [4.78, 5) is 0. The number of allylic oxidation sites excluding steroid dienone is 1. The van der Waals surface area contributed by atoms with Gasteiger partial charge in [-0.3, -0.25) is 4.68 Å². The fraction of sp³-hybridized carbons (Fsp3) is 0.545. The zero-order valence-electron chi connectivity index (χ0n) is 9.17. The minimum Gasteiger partial charge on any atom is -0.266 e. The highest BCUT2D eigenvalue weighted by atomic mass is 19.4. The number of fused-ring (bicyclic) bond motifs is 1. The van der Waals surface area contributed by atoms with E-state index in [9.17, 15) is 13.2 Å². The Kier molecular flexibility index (Phi) is 2.56. The predicted molar refractivity (Wildman–Crippen MR) is 55.0 cm³/mol. The van der Waals surface area contributed by atoms with Gasteiger partial charge in [-0.1, -0.05) is 12.2 Å². The summed E-state index contributed by atoms with van der Waals surface area (Å²) in [7, 11) is 0. The van der Waals surface area contributed by atoms with Crippen LogP contribution in [0.25, 0.3) is 6.08 Å². The SMILES string of the molecule is CC(C)n1nc(C(F)(F)F)c2c1CCC=C2. The van der Waals surface area contributed by atoms with Gasteiger partial charge in [-0.05, 0) is 26.7 Å². The molecule has 1 aliphatic rings. The van der Waals surface area contributed by atoms with Gasteiger partial charge < -0.3 is 0 Å². The van der Waals surface area contributed by atoms with Crippen LogP contribution in [0, 0.1) is 0 Å². The van der Waals surface area contributed by atoms with Gasteiger partial charge in [0, 0.05) is 17.3 Å². The number of aromatic nitrogens is 2. The minimum atomic E-state index is -4.37. The van der Waals surface area contributed by atoms with E-state index in [1.807, 2.05) is 13.8 Å². The van der Waals surface area contributed by atoms with Crippen LogP contribution in [-0.2, 0) is 12.6 Å². The quantitative estimate of drug-likeness (QED) is 0.722. The van der Waals surface area contributed by atoms with Crippen LogP contribution in [0.15, 0.2) is 6.08 Å². The van der Waals surface area contributed by atoms with E-state index >= 15 is 0 Å². The molecule has 0 spiro atoms. The molecule has 2 rings (SSSR count). The van der Waals surface area contributed by atoms with Gasteiger partial charge in [0.15, 0.2) is 5.69 Å². The van der Waals surface area contributed by atoms with Gasteiger partial charge in [0.05, 0.1) is 0 Å². The molecule has 0 unspecified atom stereocenters. The molecule has 2 nitrogen and oxygen atoms in total. The van der Waals surface area contributed by atoms with Gasteiger partial charge in [-0.25, -0.2) is 0 Å². The molecule has 0 atom stereocenters. The maximum absolute atomic E-state index is 12.7. The number of hydrogen-bond donors (Lipinski definition) is 0. The van der Waals surface area contributed by atoms with Crippen molar-refractivity contribution < 1.29 is 13.2 Å². The van der Waals surface area contributed by atoms with E-state index in [0.717, 1.165) is 6.42 Å². The topological polar surface area (TPSA) is 17.8 Å². The Morgan fingerprint density at radius 2 is 2.06 bits per heavy atom. The molecular weight excluding hydrogens is 217 g/mol. The first-order chi connectivity index (χ1) is 7.41. The van der Waals surface area contributed by atoms with Crippen molar-refractivity contribution in [3.05, 3.63) is 23.0 Å². The van der Waals surface area contributed by atoms with Gasteiger partial charge in [0.1, 0.15) is 0 Å². The summed E-state index contributed by atoms with van der Waals surface area (Å²) in [5.41, 5.74) is 0.185. The summed E-state index contributed by atoms with van der Waals surface area (Å²) in [5, 5.41) is 3.70. The Bertz CT molecular complexity index is 427. The lowest BCUT2D eigenvalue weighted by atomic mass is 10.0. The molecule has 1 aromatic rings. The highest BCUT2D eigenvalue weighted by Crippen LogP contribution is 2.36. The lowest BCUT2D eigenvalue weighted by Gasteiger charge is -2.12. The molecule has 1 aromatic heterocycles. The van der Waals surface area contributed by atoms with E-state index in [1.54, 1.807) is 6.08 Å². The molecule has 0 fully saturated rings. The van der Waals surface area contributed by atoms with Crippen LogP contribution in [0.3, 0.4) is 0 Å². The fourth-order valence-corrected chi connectivity index (χ4v) is 1.96. The van der Waals surface area contributed by atoms with Crippen LogP contribution >= 0.6 is 0 Å². The monoisotopic (exact) mass is 230 g/mol. The number of halogens is 3. The Morgan fingerprint density at radius 3 is 2.62 bits per heavy atom. The van der Waals surface area contributed by atoms with E-state index in [4.69, 9.17) is 0 Å². The molecule has 0 aliphatic heterocycles. The van der Waals surface area contributed by atoms with Crippen molar-refractivity contribution in [2.75, 3.05) is 0 Å². The van der Waals surface area contributed by atoms with E-state index in [2.05, 4.69) is 5.10 Å². The summed E-state index contributed by atoms with van der Waals surface area (Å²) < 4.78 is 39.7. The van der Waals surface area contributed by atoms with Crippen LogP contribution < -0.4 is 0 Å². The summed E-state index contributed by atoms with van der Waals surface area (Å²) in [6.07, 6.45) is 0.346. The maximum Gasteiger partial charge on any atom is 0.435 e. The molecule has 0 saturated heterocycles. The number of alkyl halides is 3. The molecular formula is C11H13F3N2. The van der Waals surface area contributed by atoms with E-state index < -0.39 is 11.9 Å². The maximum atomic E-state index is 12.7. The lowest BCUT2D eigenvalue weighted by molar-refractivity contribution is -0.141. The number of nitrogens with zero attached hydrogens (tertiary/aromatic N) is 2. The highest BCUT2D eigenvalue weighted by Gasteiger charge is 2.38. The van der Waals surface area contributed by atoms with Crippen molar-refractivity contribution in [3.8, 4) is 0 Å². The Balaban J connectivity index is 2.61. The molecule has 5 heteroatoms. The normalized spacial score (nSPS) is 15.6. The van der Waals surface area contributed by atoms with Gasteiger partial charge in [0.2, 0.25) is 0 Å². The third kappa shape index (κ3) is 1.74. The van der Waals surface area contributed by atoms with Crippen molar-refractivity contribution in [2.24, 2.45) is 0 Å². The van der Waals surface area contributed by atoms with Gasteiger partial charge >= 0.3 is 6.18 Å². The van der Waals surface area contributed by atoms with Crippen LogP contribution in [-0.4, -0.2) is 9.78 Å². The van der Waals surface area contributed by atoms with Crippen molar-refractivity contribution in [3.63, 3.8) is 0 Å². The first kappa shape index (κ1) is 11.2. The van der Waals surface area contributed by atoms with E-state index in [-0.39, 0.29) is 11.6 Å². The standard InChI is InChI=1S/C11H13F3N2/c1-7(2)16-9-6-4-3-5-8(9)10(15-16)11(12,13)14/h3,5,7H,4,6H2,1-2H3. The van der Waals surface area contributed by atoms with E-state index in [1.165, 1.54) is 10.8 Å². The van der Waals surface area contributed by atoms with Crippen molar-refractivity contribution in [2.45, 2.75) is 38.9 Å². The largest absolute Gasteiger partial charge is 0.435 e. The van der Waals surface area contributed by atoms with Gasteiger partial charge in [0.25, 0.3) is 0 Å². The van der Waals surface area contributed by atoms with Crippen molar-refractivity contribution >= 4 is 6.08 Å². The Labute approximate surface area is 91.8 Å². The number of hydrogen-bond acceptors (Lipinski definition) is 1. The second-order valence-electron chi connectivity index (χ2n) is 4.19. The Hall–Kier alpha value is -1.26. The molecule has 0 N–H and O–H groups in total. The molecule has 0 bridgehead atoms. The third-order valence-electron chi connectivity index (χ3n) is 2.64. The zero-order valence-corrected chi connectivity index (χ0v) is 9.17. The molecule has 0 saturated carbocycles. The van der Waals surface area contributed by atoms with Crippen molar-refractivity contribution in [1.29, 1.82) is 0 Å². The second kappa shape index (κ2) is 3.64. The summed E-state index contributed by atoms with van der Waals surface area (Å²) >= 11 is 0. The third-order valence-corrected chi connectivity index (χ3v) is 2.64. The molecule has 0 radical (unpaired) electrons. The van der Waals surface area contributed by atoms with Crippen LogP contribution in [0.5, 0.6) is 0 Å². The molecule has 88 valence electrons. The first-order valence-corrected chi connectivity index (χ1v) is 5.26. The average molecular weight is 230 g/mol. The summed E-state index contributed by atoms with van der Waals surface area (Å²) in [5.74, 6) is 0. The number of rotatable bonds is 1. The summed E-state index contributed by atoms with van der Waals surface area (Å²) in [6, 6.07) is -0.0450. The minimum absolute atomic E-state index is 0.0450. The van der Waals surface area contributed by atoms with Gasteiger partial charge in [-0.2, -0.15) is 18.3 Å². The fourth-order valence-electron chi connectivity index (χ4n) is 1.96. The van der Waals surface area contributed by atoms with E-state index in [0.29, 0.717) is 12.1 Å². The zero-order chi connectivity index (χ0) is 11.9. The highest BCUT2D eigenvalue weighted by molar-refractivity contribution is 5.58. The van der Waals surface area contributed by atoms with Gasteiger partial charge in [-0.15, -0.1) is 0 Å². The Morgan fingerprint density at radius 1 is 1.38 bits per heavy atom. The van der Waals surface area contributed by atoms with Crippen LogP contribution in [0.1, 0.15) is 43.3 Å². The van der Waals surface area contributed by atoms with Crippen LogP contribution in [0.4, 0.5) is 13.2 Å². The molecule has 1 aliphatic carbocycles. The van der Waals surface area contributed by atoms with Crippen molar-refractivity contribution in [1.82, 2.24) is 9.78 Å². The smallest absolute Gasteiger partial charge is 0.266 e. The molecule has 16 heavy (non-hydrogen) atoms. The molecule has 1 heterocycles. The predicted octanol–water partition coefficient (Wildman–Crippen LogP) is 3.44. The van der Waals surface area contributed by atoms with Crippen LogP contribution in [0.2, 0.25) is 0 Å². The molecule has 0 amide bonds. The lowest BCUT2D eigenvalue weighted by Crippen LogP contribution is -2.10. The average Bonchev–Trinajstić information content (AvgIpc) is 2.56. The summed E-state index contributed by atoms with van der Waals surface area (Å²) in [6.45, 7) is 3.68.